The number of carbonyl (C=O) groups is 1. The van der Waals surface area contributed by atoms with E-state index in [1.54, 1.807) is 20.4 Å². The van der Waals surface area contributed by atoms with Crippen molar-refractivity contribution in [3.05, 3.63) is 75.5 Å². The van der Waals surface area contributed by atoms with Gasteiger partial charge in [0.05, 0.1) is 53.9 Å². The Morgan fingerprint density at radius 2 is 1.55 bits per heavy atom. The predicted octanol–water partition coefficient (Wildman–Crippen LogP) is 5.77. The van der Waals surface area contributed by atoms with Crippen molar-refractivity contribution in [2.24, 2.45) is 5.92 Å². The maximum Gasteiger partial charge on any atom is 0.309 e. The molecule has 2 fully saturated rings. The van der Waals surface area contributed by atoms with E-state index in [9.17, 15) is 15.0 Å². The largest absolute Gasteiger partial charge is 0.481 e. The number of pyridine rings is 1. The second kappa shape index (κ2) is 12.7. The molecule has 3 aliphatic rings. The summed E-state index contributed by atoms with van der Waals surface area (Å²) in [7, 11) is 3.18. The molecule has 0 radical (unpaired) electrons. The number of methoxy groups -OCH3 is 2. The zero-order chi connectivity index (χ0) is 33.0. The number of rotatable bonds is 9. The van der Waals surface area contributed by atoms with Gasteiger partial charge in [-0.25, -0.2) is 9.97 Å². The smallest absolute Gasteiger partial charge is 0.309 e. The maximum absolute atomic E-state index is 11.4. The summed E-state index contributed by atoms with van der Waals surface area (Å²) in [5.74, 6) is -0.129. The summed E-state index contributed by atoms with van der Waals surface area (Å²) in [4.78, 5) is 30.0. The fourth-order valence-electron chi connectivity index (χ4n) is 6.90. The number of fused-ring (bicyclic) bond motifs is 1. The summed E-state index contributed by atoms with van der Waals surface area (Å²) in [6.07, 6.45) is 3.08. The molecule has 2 saturated heterocycles. The minimum absolute atomic E-state index is 0.0525. The molecule has 0 amide bonds. The number of hydrogen-bond donors (Lipinski definition) is 2. The minimum Gasteiger partial charge on any atom is -0.481 e. The molecule has 0 saturated carbocycles. The highest BCUT2D eigenvalue weighted by molar-refractivity contribution is 6.39. The summed E-state index contributed by atoms with van der Waals surface area (Å²) in [6, 6.07) is 13.7. The molecule has 2 aliphatic heterocycles. The Morgan fingerprint density at radius 1 is 0.936 bits per heavy atom. The van der Waals surface area contributed by atoms with Crippen molar-refractivity contribution in [3.8, 4) is 45.4 Å². The van der Waals surface area contributed by atoms with Crippen LogP contribution in [0.2, 0.25) is 10.0 Å². The Bertz CT molecular complexity index is 1870. The van der Waals surface area contributed by atoms with Crippen molar-refractivity contribution in [1.82, 2.24) is 24.8 Å². The topological polar surface area (TPSA) is 121 Å². The number of aliphatic hydroxyl groups is 1. The summed E-state index contributed by atoms with van der Waals surface area (Å²) < 4.78 is 11.4. The highest BCUT2D eigenvalue weighted by atomic mass is 35.5. The van der Waals surface area contributed by atoms with Gasteiger partial charge in [-0.1, -0.05) is 59.6 Å². The number of halogens is 2. The van der Waals surface area contributed by atoms with E-state index in [-0.39, 0.29) is 24.1 Å². The molecular weight excluding hydrogens is 641 g/mol. The lowest BCUT2D eigenvalue weighted by Crippen LogP contribution is -2.57. The van der Waals surface area contributed by atoms with Crippen LogP contribution in [0.15, 0.2) is 48.7 Å². The molecule has 2 N–H and O–H groups in total. The number of nitrogens with zero attached hydrogens (tertiary/aromatic N) is 5. The van der Waals surface area contributed by atoms with Crippen molar-refractivity contribution < 1.29 is 24.5 Å². The van der Waals surface area contributed by atoms with Crippen LogP contribution < -0.4 is 9.47 Å². The van der Waals surface area contributed by atoms with E-state index in [1.807, 2.05) is 43.3 Å². The first-order valence-electron chi connectivity index (χ1n) is 15.6. The number of aliphatic hydroxyl groups excluding tert-OH is 1. The van der Waals surface area contributed by atoms with E-state index >= 15 is 0 Å². The van der Waals surface area contributed by atoms with Crippen LogP contribution in [0.4, 0.5) is 0 Å². The van der Waals surface area contributed by atoms with Crippen LogP contribution in [-0.2, 0) is 17.8 Å². The van der Waals surface area contributed by atoms with Crippen LogP contribution in [0.25, 0.3) is 33.6 Å². The van der Waals surface area contributed by atoms with Gasteiger partial charge in [-0.2, -0.15) is 0 Å². The second-order valence-corrected chi connectivity index (χ2v) is 13.2. The molecule has 0 unspecified atom stereocenters. The lowest BCUT2D eigenvalue weighted by molar-refractivity contribution is -0.148. The number of carboxylic acids is 1. The van der Waals surface area contributed by atoms with Gasteiger partial charge < -0.3 is 19.7 Å². The first kappa shape index (κ1) is 31.8. The fourth-order valence-corrected chi connectivity index (χ4v) is 7.55. The maximum atomic E-state index is 11.4. The highest BCUT2D eigenvalue weighted by Crippen LogP contribution is 2.47. The van der Waals surface area contributed by atoms with Crippen LogP contribution in [0, 0.1) is 5.92 Å². The van der Waals surface area contributed by atoms with Gasteiger partial charge in [0.2, 0.25) is 11.8 Å². The molecule has 10 nitrogen and oxygen atoms in total. The number of β-amino-alcohol motifs (C(OH)–C–C–N with tert-alkyl or cyclic N) is 1. The van der Waals surface area contributed by atoms with Gasteiger partial charge in [-0.05, 0) is 31.4 Å². The minimum atomic E-state index is -0.750. The number of likely N-dealkylation sites (tertiary alicyclic amines) is 2. The van der Waals surface area contributed by atoms with Gasteiger partial charge in [0.25, 0.3) is 0 Å². The lowest BCUT2D eigenvalue weighted by Gasteiger charge is -2.43. The molecule has 3 atom stereocenters. The summed E-state index contributed by atoms with van der Waals surface area (Å²) >= 11 is 14.2. The molecule has 1 aliphatic carbocycles. The normalized spacial score (nSPS) is 21.2. The third-order valence-corrected chi connectivity index (χ3v) is 10.6. The monoisotopic (exact) mass is 675 g/mol. The molecule has 4 aromatic rings. The molecular formula is C35H35Cl2N5O5. The fraction of sp³-hybridized carbons (Fsp3) is 0.371. The van der Waals surface area contributed by atoms with Crippen LogP contribution in [0.3, 0.4) is 0 Å². The van der Waals surface area contributed by atoms with E-state index in [4.69, 9.17) is 42.6 Å². The Morgan fingerprint density at radius 3 is 2.15 bits per heavy atom. The molecule has 4 heterocycles. The zero-order valence-corrected chi connectivity index (χ0v) is 27.8. The van der Waals surface area contributed by atoms with Gasteiger partial charge in [-0.15, -0.1) is 0 Å². The Kier molecular flexibility index (Phi) is 8.57. The molecule has 2 aromatic heterocycles. The quantitative estimate of drug-likeness (QED) is 0.226. The summed E-state index contributed by atoms with van der Waals surface area (Å²) in [6.45, 7) is 4.15. The SMILES string of the molecule is COc1nc(-c2cccc(-c3cccc(-c4cc5c(c(OC)n4)[C@H](N4CC(C(=O)O)C4)CC5)c3Cl)c2Cl)cnc1CN1C[C@@H](O)[C@@H]1C. The first-order chi connectivity index (χ1) is 22.7. The van der Waals surface area contributed by atoms with Crippen molar-refractivity contribution in [2.45, 2.75) is 44.5 Å². The molecule has 12 heteroatoms. The van der Waals surface area contributed by atoms with Crippen molar-refractivity contribution in [1.29, 1.82) is 0 Å². The zero-order valence-electron chi connectivity index (χ0n) is 26.3. The van der Waals surface area contributed by atoms with E-state index in [0.29, 0.717) is 70.6 Å². The van der Waals surface area contributed by atoms with Gasteiger partial charge >= 0.3 is 5.97 Å². The van der Waals surface area contributed by atoms with Crippen LogP contribution in [0.1, 0.15) is 36.2 Å². The average molecular weight is 677 g/mol. The number of carboxylic acid groups (broad SMARTS) is 1. The lowest BCUT2D eigenvalue weighted by atomic mass is 9.95. The molecule has 0 spiro atoms. The Hall–Kier alpha value is -3.80. The average Bonchev–Trinajstić information content (AvgIpc) is 3.47. The Labute approximate surface area is 282 Å². The van der Waals surface area contributed by atoms with Crippen LogP contribution in [-0.4, -0.2) is 86.9 Å². The molecule has 7 rings (SSSR count). The van der Waals surface area contributed by atoms with Crippen LogP contribution in [0.5, 0.6) is 11.8 Å². The summed E-state index contributed by atoms with van der Waals surface area (Å²) in [5, 5.41) is 20.2. The van der Waals surface area contributed by atoms with Gasteiger partial charge in [0.1, 0.15) is 5.69 Å². The predicted molar refractivity (Wildman–Crippen MR) is 179 cm³/mol. The van der Waals surface area contributed by atoms with E-state index < -0.39 is 5.97 Å². The number of aryl methyl sites for hydroxylation is 1. The number of aromatic nitrogens is 3. The standard InChI is InChI=1S/C35H35Cl2N5O5/c1-18-29(43)17-41(18)16-27-33(46-2)40-26(13-38-27)24-9-5-7-22(32(24)37)21-6-4-8-23(31(21)36)25-12-19-10-11-28(30(19)34(39-25)47-3)42-14-20(15-42)35(44)45/h4-9,12-13,18,20,28-29,43H,10-11,14-17H2,1-3H3,(H,44,45)/t18-,28+,29+/m0/s1. The van der Waals surface area contributed by atoms with E-state index in [2.05, 4.69) is 20.9 Å². The molecule has 244 valence electrons. The number of hydrogen-bond acceptors (Lipinski definition) is 9. The summed E-state index contributed by atoms with van der Waals surface area (Å²) in [5.41, 5.74) is 7.05. The third kappa shape index (κ3) is 5.62. The molecule has 2 aromatic carbocycles. The first-order valence-corrected chi connectivity index (χ1v) is 16.4. The van der Waals surface area contributed by atoms with Gasteiger partial charge in [-0.3, -0.25) is 19.6 Å². The van der Waals surface area contributed by atoms with E-state index in [0.717, 1.165) is 40.7 Å². The van der Waals surface area contributed by atoms with Crippen LogP contribution >= 0.6 is 23.2 Å². The third-order valence-electron chi connectivity index (χ3n) is 9.77. The molecule has 0 bridgehead atoms. The second-order valence-electron chi connectivity index (χ2n) is 12.4. The van der Waals surface area contributed by atoms with Gasteiger partial charge in [0, 0.05) is 66.1 Å². The van der Waals surface area contributed by atoms with Crippen molar-refractivity contribution >= 4 is 29.2 Å². The van der Waals surface area contributed by atoms with Crippen molar-refractivity contribution in [3.63, 3.8) is 0 Å². The highest BCUT2D eigenvalue weighted by Gasteiger charge is 2.41. The molecule has 47 heavy (non-hydrogen) atoms. The number of benzene rings is 2. The van der Waals surface area contributed by atoms with E-state index in [1.165, 1.54) is 0 Å². The number of ether oxygens (including phenoxy) is 2. The van der Waals surface area contributed by atoms with Crippen molar-refractivity contribution in [2.75, 3.05) is 33.9 Å². The Balaban J connectivity index is 1.19. The number of aliphatic carboxylic acids is 1. The van der Waals surface area contributed by atoms with Gasteiger partial charge in [0.15, 0.2) is 0 Å².